The molecule has 102 valence electrons. The lowest BCUT2D eigenvalue weighted by molar-refractivity contribution is 0.233. The topological polar surface area (TPSA) is 44.4 Å². The van der Waals surface area contributed by atoms with Crippen molar-refractivity contribution in [2.24, 2.45) is 0 Å². The van der Waals surface area contributed by atoms with Crippen molar-refractivity contribution < 1.29 is 4.79 Å². The largest absolute Gasteiger partial charge is 0.338 e. The van der Waals surface area contributed by atoms with Crippen LogP contribution in [-0.4, -0.2) is 38.1 Å². The fourth-order valence-corrected chi connectivity index (χ4v) is 2.57. The van der Waals surface area contributed by atoms with E-state index in [0.717, 1.165) is 19.4 Å². The van der Waals surface area contributed by atoms with Gasteiger partial charge in [-0.2, -0.15) is 0 Å². The fraction of sp³-hybridized carbons (Fsp3) is 0.615. The number of nitrogens with zero attached hydrogens (tertiary/aromatic N) is 1. The van der Waals surface area contributed by atoms with Gasteiger partial charge in [-0.25, -0.2) is 4.79 Å². The van der Waals surface area contributed by atoms with E-state index in [1.54, 1.807) is 11.3 Å². The summed E-state index contributed by atoms with van der Waals surface area (Å²) in [6, 6.07) is 4.30. The Morgan fingerprint density at radius 2 is 2.22 bits per heavy atom. The number of hydrogen-bond donors (Lipinski definition) is 2. The number of likely N-dealkylation sites (N-methyl/N-ethyl adjacent to an activating group) is 1. The smallest absolute Gasteiger partial charge is 0.314 e. The molecule has 0 radical (unpaired) electrons. The number of thiophene rings is 1. The van der Waals surface area contributed by atoms with Crippen molar-refractivity contribution in [3.63, 3.8) is 0 Å². The maximum Gasteiger partial charge on any atom is 0.314 e. The summed E-state index contributed by atoms with van der Waals surface area (Å²) in [6.45, 7) is 3.48. The molecule has 18 heavy (non-hydrogen) atoms. The number of amides is 2. The van der Waals surface area contributed by atoms with Crippen molar-refractivity contribution in [1.82, 2.24) is 15.5 Å². The van der Waals surface area contributed by atoms with Crippen LogP contribution in [-0.2, 0) is 0 Å². The van der Waals surface area contributed by atoms with Gasteiger partial charge < -0.3 is 15.5 Å². The molecule has 0 aliphatic heterocycles. The van der Waals surface area contributed by atoms with E-state index in [4.69, 9.17) is 0 Å². The van der Waals surface area contributed by atoms with Gasteiger partial charge in [0.15, 0.2) is 0 Å². The fourth-order valence-electron chi connectivity index (χ4n) is 1.65. The number of carbonyl (C=O) groups excluding carboxylic acids is 1. The summed E-state index contributed by atoms with van der Waals surface area (Å²) >= 11 is 1.72. The Bertz CT molecular complexity index is 338. The molecule has 1 unspecified atom stereocenters. The van der Waals surface area contributed by atoms with Gasteiger partial charge in [0.1, 0.15) is 0 Å². The van der Waals surface area contributed by atoms with Crippen molar-refractivity contribution in [2.45, 2.75) is 25.8 Å². The lowest BCUT2D eigenvalue weighted by atomic mass is 10.2. The maximum absolute atomic E-state index is 11.6. The van der Waals surface area contributed by atoms with Crippen LogP contribution in [0.2, 0.25) is 0 Å². The number of nitrogens with one attached hydrogen (secondary N) is 2. The number of urea groups is 1. The summed E-state index contributed by atoms with van der Waals surface area (Å²) in [5.41, 5.74) is 0. The van der Waals surface area contributed by atoms with Crippen LogP contribution < -0.4 is 10.6 Å². The average molecular weight is 269 g/mol. The van der Waals surface area contributed by atoms with Crippen LogP contribution in [0.4, 0.5) is 4.79 Å². The van der Waals surface area contributed by atoms with Gasteiger partial charge in [0.25, 0.3) is 0 Å². The molecule has 2 amide bonds. The Kier molecular flexibility index (Phi) is 6.75. The third-order valence-corrected chi connectivity index (χ3v) is 3.74. The molecule has 1 atom stereocenters. The minimum atomic E-state index is -0.0770. The van der Waals surface area contributed by atoms with Crippen LogP contribution in [0.5, 0.6) is 0 Å². The predicted molar refractivity (Wildman–Crippen MR) is 77.1 cm³/mol. The molecule has 1 rings (SSSR count). The molecule has 0 fully saturated rings. The Morgan fingerprint density at radius 3 is 2.78 bits per heavy atom. The molecular formula is C13H23N3OS. The second kappa shape index (κ2) is 8.11. The Balaban J connectivity index is 2.37. The molecule has 0 saturated carbocycles. The quantitative estimate of drug-likeness (QED) is 0.747. The van der Waals surface area contributed by atoms with Gasteiger partial charge in [-0.05, 0) is 32.0 Å². The zero-order valence-electron chi connectivity index (χ0n) is 11.4. The molecule has 0 saturated heterocycles. The minimum absolute atomic E-state index is 0.0770. The van der Waals surface area contributed by atoms with E-state index >= 15 is 0 Å². The third-order valence-electron chi connectivity index (χ3n) is 2.77. The van der Waals surface area contributed by atoms with Crippen molar-refractivity contribution >= 4 is 17.4 Å². The zero-order valence-corrected chi connectivity index (χ0v) is 12.2. The molecule has 0 aromatic carbocycles. The first-order valence-corrected chi connectivity index (χ1v) is 7.24. The molecule has 5 heteroatoms. The Labute approximate surface area is 113 Å². The highest BCUT2D eigenvalue weighted by atomic mass is 32.1. The highest BCUT2D eigenvalue weighted by Crippen LogP contribution is 2.22. The molecule has 1 aromatic heterocycles. The second-order valence-electron chi connectivity index (χ2n) is 4.49. The molecule has 0 spiro atoms. The highest BCUT2D eigenvalue weighted by molar-refractivity contribution is 7.10. The number of unbranched alkanes of at least 4 members (excludes halogenated alkanes) is 1. The lowest BCUT2D eigenvalue weighted by Crippen LogP contribution is -2.40. The van der Waals surface area contributed by atoms with E-state index in [1.807, 2.05) is 20.2 Å². The van der Waals surface area contributed by atoms with Gasteiger partial charge in [0, 0.05) is 18.0 Å². The standard InChI is InChI=1S/C13H23N3OS/c1-4-5-8-14-13(17)15-10-11(16(2)3)12-7-6-9-18-12/h6-7,9,11H,4-5,8,10H2,1-3H3,(H2,14,15,17). The molecule has 0 aliphatic rings. The van der Waals surface area contributed by atoms with Crippen molar-refractivity contribution in [3.05, 3.63) is 22.4 Å². The van der Waals surface area contributed by atoms with Crippen molar-refractivity contribution in [1.29, 1.82) is 0 Å². The van der Waals surface area contributed by atoms with Crippen molar-refractivity contribution in [3.8, 4) is 0 Å². The second-order valence-corrected chi connectivity index (χ2v) is 5.46. The monoisotopic (exact) mass is 269 g/mol. The van der Waals surface area contributed by atoms with Gasteiger partial charge >= 0.3 is 6.03 Å². The van der Waals surface area contributed by atoms with Crippen LogP contribution in [0.15, 0.2) is 17.5 Å². The Morgan fingerprint density at radius 1 is 1.44 bits per heavy atom. The molecular weight excluding hydrogens is 246 g/mol. The zero-order chi connectivity index (χ0) is 13.4. The predicted octanol–water partition coefficient (Wildman–Crippen LogP) is 2.45. The summed E-state index contributed by atoms with van der Waals surface area (Å²) in [4.78, 5) is 15.0. The van der Waals surface area contributed by atoms with Gasteiger partial charge in [0.2, 0.25) is 0 Å². The summed E-state index contributed by atoms with van der Waals surface area (Å²) in [7, 11) is 4.06. The molecule has 4 nitrogen and oxygen atoms in total. The first-order chi connectivity index (χ1) is 8.65. The minimum Gasteiger partial charge on any atom is -0.338 e. The van der Waals surface area contributed by atoms with Gasteiger partial charge in [0.05, 0.1) is 6.04 Å². The van der Waals surface area contributed by atoms with Gasteiger partial charge in [-0.1, -0.05) is 19.4 Å². The third kappa shape index (κ3) is 5.06. The molecule has 1 heterocycles. The summed E-state index contributed by atoms with van der Waals surface area (Å²) in [5, 5.41) is 7.85. The molecule has 2 N–H and O–H groups in total. The van der Waals surface area contributed by atoms with Gasteiger partial charge in [-0.3, -0.25) is 0 Å². The van der Waals surface area contributed by atoms with Crippen LogP contribution in [0.1, 0.15) is 30.7 Å². The maximum atomic E-state index is 11.6. The first-order valence-electron chi connectivity index (χ1n) is 6.36. The summed E-state index contributed by atoms with van der Waals surface area (Å²) in [6.07, 6.45) is 2.12. The number of carbonyl (C=O) groups is 1. The number of hydrogen-bond acceptors (Lipinski definition) is 3. The highest BCUT2D eigenvalue weighted by Gasteiger charge is 2.15. The Hall–Kier alpha value is -1.07. The SMILES string of the molecule is CCCCNC(=O)NCC(c1cccs1)N(C)C. The van der Waals surface area contributed by atoms with E-state index in [-0.39, 0.29) is 12.1 Å². The van der Waals surface area contributed by atoms with E-state index in [0.29, 0.717) is 6.54 Å². The molecule has 0 bridgehead atoms. The average Bonchev–Trinajstić information content (AvgIpc) is 2.83. The van der Waals surface area contributed by atoms with E-state index in [2.05, 4.69) is 33.9 Å². The molecule has 1 aromatic rings. The normalized spacial score (nSPS) is 12.4. The number of rotatable bonds is 7. The lowest BCUT2D eigenvalue weighted by Gasteiger charge is -2.23. The van der Waals surface area contributed by atoms with E-state index in [9.17, 15) is 4.79 Å². The summed E-state index contributed by atoms with van der Waals surface area (Å²) in [5.74, 6) is 0. The van der Waals surface area contributed by atoms with Crippen LogP contribution in [0.3, 0.4) is 0 Å². The van der Waals surface area contributed by atoms with Crippen molar-refractivity contribution in [2.75, 3.05) is 27.2 Å². The first kappa shape index (κ1) is 15.0. The summed E-state index contributed by atoms with van der Waals surface area (Å²) < 4.78 is 0. The van der Waals surface area contributed by atoms with Crippen LogP contribution in [0, 0.1) is 0 Å². The van der Waals surface area contributed by atoms with Crippen LogP contribution in [0.25, 0.3) is 0 Å². The molecule has 0 aliphatic carbocycles. The van der Waals surface area contributed by atoms with Crippen LogP contribution >= 0.6 is 11.3 Å². The van der Waals surface area contributed by atoms with E-state index < -0.39 is 0 Å². The van der Waals surface area contributed by atoms with E-state index in [1.165, 1.54) is 4.88 Å². The van der Waals surface area contributed by atoms with Gasteiger partial charge in [-0.15, -0.1) is 11.3 Å².